The van der Waals surface area contributed by atoms with Crippen molar-refractivity contribution in [3.8, 4) is 23.1 Å². The van der Waals surface area contributed by atoms with Gasteiger partial charge in [-0.05, 0) is 19.8 Å². The lowest BCUT2D eigenvalue weighted by atomic mass is 9.99. The summed E-state index contributed by atoms with van der Waals surface area (Å²) in [5.74, 6) is 0.313. The summed E-state index contributed by atoms with van der Waals surface area (Å²) in [7, 11) is 0. The van der Waals surface area contributed by atoms with Crippen molar-refractivity contribution < 1.29 is 10.2 Å². The quantitative estimate of drug-likeness (QED) is 0.736. The Morgan fingerprint density at radius 3 is 2.60 bits per heavy atom. The van der Waals surface area contributed by atoms with Crippen molar-refractivity contribution in [3.05, 3.63) is 36.7 Å². The third-order valence-corrected chi connectivity index (χ3v) is 3.68. The highest BCUT2D eigenvalue weighted by molar-refractivity contribution is 5.65. The van der Waals surface area contributed by atoms with Crippen LogP contribution in [0.25, 0.3) is 17.2 Å². The Labute approximate surface area is 145 Å². The van der Waals surface area contributed by atoms with Gasteiger partial charge in [-0.2, -0.15) is 10.1 Å². The van der Waals surface area contributed by atoms with Crippen LogP contribution in [-0.2, 0) is 6.54 Å². The number of nitrogens with zero attached hydrogens (tertiary/aromatic N) is 6. The van der Waals surface area contributed by atoms with Crippen LogP contribution in [0.3, 0.4) is 0 Å². The van der Waals surface area contributed by atoms with Crippen LogP contribution in [0, 0.1) is 0 Å². The molecule has 0 spiro atoms. The average molecular weight is 342 g/mol. The standard InChI is InChI=1S/C17H22N6O2/c1-11(2)13-14(12-7-19-23(8-12)9-17(3,4)25)20-16(21-15(13)24)22-6-5-18-10-22/h5-8,10-11,25H,9H2,1-4H3,(H,20,21,24). The average Bonchev–Trinajstić information content (AvgIpc) is 3.15. The Morgan fingerprint density at radius 1 is 1.24 bits per heavy atom. The van der Waals surface area contributed by atoms with Crippen molar-refractivity contribution in [1.82, 2.24) is 29.3 Å². The second-order valence-corrected chi connectivity index (χ2v) is 6.97. The monoisotopic (exact) mass is 342 g/mol. The molecule has 3 heterocycles. The Hall–Kier alpha value is -2.74. The first-order chi connectivity index (χ1) is 11.7. The minimum Gasteiger partial charge on any atom is -0.493 e. The summed E-state index contributed by atoms with van der Waals surface area (Å²) in [4.78, 5) is 12.8. The third kappa shape index (κ3) is 3.69. The molecule has 0 unspecified atom stereocenters. The number of hydrogen-bond donors (Lipinski definition) is 2. The summed E-state index contributed by atoms with van der Waals surface area (Å²) in [6, 6.07) is 0. The first-order valence-corrected chi connectivity index (χ1v) is 8.09. The molecule has 2 N–H and O–H groups in total. The Kier molecular flexibility index (Phi) is 4.30. The van der Waals surface area contributed by atoms with Gasteiger partial charge >= 0.3 is 0 Å². The summed E-state index contributed by atoms with van der Waals surface area (Å²) in [5, 5.41) is 24.7. The van der Waals surface area contributed by atoms with Crippen LogP contribution in [0.5, 0.6) is 5.88 Å². The van der Waals surface area contributed by atoms with E-state index in [1.54, 1.807) is 48.0 Å². The molecule has 0 aromatic carbocycles. The number of imidazole rings is 1. The van der Waals surface area contributed by atoms with E-state index in [-0.39, 0.29) is 11.8 Å². The number of aromatic hydroxyl groups is 1. The molecule has 0 atom stereocenters. The van der Waals surface area contributed by atoms with Gasteiger partial charge in [-0.15, -0.1) is 0 Å². The highest BCUT2D eigenvalue weighted by Gasteiger charge is 2.21. The molecule has 0 aliphatic heterocycles. The van der Waals surface area contributed by atoms with E-state index in [1.165, 1.54) is 0 Å². The molecule has 8 heteroatoms. The van der Waals surface area contributed by atoms with Crippen molar-refractivity contribution in [2.24, 2.45) is 0 Å². The SMILES string of the molecule is CC(C)c1c(O)nc(-n2ccnc2)nc1-c1cnn(CC(C)(C)O)c1. The van der Waals surface area contributed by atoms with E-state index in [4.69, 9.17) is 0 Å². The van der Waals surface area contributed by atoms with Crippen molar-refractivity contribution in [3.63, 3.8) is 0 Å². The van der Waals surface area contributed by atoms with E-state index in [0.717, 1.165) is 5.56 Å². The molecule has 0 radical (unpaired) electrons. The zero-order valence-corrected chi connectivity index (χ0v) is 14.7. The number of aliphatic hydroxyl groups is 1. The van der Waals surface area contributed by atoms with Crippen LogP contribution in [0.15, 0.2) is 31.1 Å². The van der Waals surface area contributed by atoms with Gasteiger partial charge in [0.05, 0.1) is 24.0 Å². The predicted octanol–water partition coefficient (Wildman–Crippen LogP) is 2.13. The zero-order valence-electron chi connectivity index (χ0n) is 14.7. The fourth-order valence-electron chi connectivity index (χ4n) is 2.66. The first kappa shape index (κ1) is 17.1. The maximum atomic E-state index is 10.4. The van der Waals surface area contributed by atoms with E-state index < -0.39 is 5.60 Å². The second-order valence-electron chi connectivity index (χ2n) is 6.97. The molecular formula is C17H22N6O2. The van der Waals surface area contributed by atoms with Gasteiger partial charge in [0.2, 0.25) is 11.8 Å². The van der Waals surface area contributed by atoms with Crippen molar-refractivity contribution in [1.29, 1.82) is 0 Å². The lowest BCUT2D eigenvalue weighted by Gasteiger charge is -2.16. The van der Waals surface area contributed by atoms with Crippen LogP contribution in [0.4, 0.5) is 0 Å². The summed E-state index contributed by atoms with van der Waals surface area (Å²) in [6.45, 7) is 7.75. The van der Waals surface area contributed by atoms with Crippen molar-refractivity contribution in [2.75, 3.05) is 0 Å². The molecule has 0 saturated carbocycles. The molecule has 132 valence electrons. The molecule has 0 bridgehead atoms. The summed E-state index contributed by atoms with van der Waals surface area (Å²) >= 11 is 0. The van der Waals surface area contributed by atoms with Crippen LogP contribution in [0.1, 0.15) is 39.2 Å². The minimum atomic E-state index is -0.875. The Balaban J connectivity index is 2.10. The lowest BCUT2D eigenvalue weighted by molar-refractivity contribution is 0.0577. The molecule has 0 saturated heterocycles. The van der Waals surface area contributed by atoms with Gasteiger partial charge in [-0.1, -0.05) is 13.8 Å². The van der Waals surface area contributed by atoms with Gasteiger partial charge in [0.15, 0.2) is 0 Å². The van der Waals surface area contributed by atoms with E-state index >= 15 is 0 Å². The van der Waals surface area contributed by atoms with Gasteiger partial charge in [0.1, 0.15) is 6.33 Å². The lowest BCUT2D eigenvalue weighted by Crippen LogP contribution is -2.26. The number of aromatic nitrogens is 6. The second kappa shape index (κ2) is 6.29. The summed E-state index contributed by atoms with van der Waals surface area (Å²) in [6.07, 6.45) is 8.40. The van der Waals surface area contributed by atoms with E-state index in [9.17, 15) is 10.2 Å². The molecule has 0 aliphatic carbocycles. The normalized spacial score (nSPS) is 12.1. The van der Waals surface area contributed by atoms with E-state index in [2.05, 4.69) is 20.1 Å². The molecule has 3 aromatic heterocycles. The highest BCUT2D eigenvalue weighted by Crippen LogP contribution is 2.33. The molecule has 8 nitrogen and oxygen atoms in total. The minimum absolute atomic E-state index is 0.0319. The van der Waals surface area contributed by atoms with Gasteiger partial charge in [0, 0.05) is 29.7 Å². The van der Waals surface area contributed by atoms with Crippen LogP contribution >= 0.6 is 0 Å². The topological polar surface area (TPSA) is 102 Å². The van der Waals surface area contributed by atoms with Gasteiger partial charge in [-0.25, -0.2) is 9.97 Å². The summed E-state index contributed by atoms with van der Waals surface area (Å²) in [5.41, 5.74) is 1.16. The highest BCUT2D eigenvalue weighted by atomic mass is 16.3. The van der Waals surface area contributed by atoms with E-state index in [1.807, 2.05) is 20.0 Å². The van der Waals surface area contributed by atoms with Crippen LogP contribution < -0.4 is 0 Å². The first-order valence-electron chi connectivity index (χ1n) is 8.09. The maximum absolute atomic E-state index is 10.4. The summed E-state index contributed by atoms with van der Waals surface area (Å²) < 4.78 is 3.30. The maximum Gasteiger partial charge on any atom is 0.238 e. The fourth-order valence-corrected chi connectivity index (χ4v) is 2.66. The van der Waals surface area contributed by atoms with E-state index in [0.29, 0.717) is 23.8 Å². The van der Waals surface area contributed by atoms with Gasteiger partial charge in [-0.3, -0.25) is 9.25 Å². The smallest absolute Gasteiger partial charge is 0.238 e. The Morgan fingerprint density at radius 2 is 2.00 bits per heavy atom. The van der Waals surface area contributed by atoms with Crippen molar-refractivity contribution >= 4 is 0 Å². The molecule has 3 rings (SSSR count). The predicted molar refractivity (Wildman–Crippen MR) is 92.4 cm³/mol. The van der Waals surface area contributed by atoms with Crippen molar-refractivity contribution in [2.45, 2.75) is 45.8 Å². The van der Waals surface area contributed by atoms with Crippen LogP contribution in [-0.4, -0.2) is 45.1 Å². The molecule has 0 aliphatic rings. The third-order valence-electron chi connectivity index (χ3n) is 3.68. The molecule has 3 aromatic rings. The number of hydrogen-bond acceptors (Lipinski definition) is 6. The zero-order chi connectivity index (χ0) is 18.2. The van der Waals surface area contributed by atoms with Gasteiger partial charge in [0.25, 0.3) is 0 Å². The fraction of sp³-hybridized carbons (Fsp3) is 0.412. The molecule has 0 amide bonds. The largest absolute Gasteiger partial charge is 0.493 e. The molecule has 0 fully saturated rings. The Bertz CT molecular complexity index is 862. The molecular weight excluding hydrogens is 320 g/mol. The van der Waals surface area contributed by atoms with Crippen LogP contribution in [0.2, 0.25) is 0 Å². The van der Waals surface area contributed by atoms with Gasteiger partial charge < -0.3 is 10.2 Å². The molecule has 25 heavy (non-hydrogen) atoms. The number of rotatable bonds is 5.